The van der Waals surface area contributed by atoms with E-state index in [0.717, 1.165) is 12.2 Å². The summed E-state index contributed by atoms with van der Waals surface area (Å²) in [6, 6.07) is 12.6. The van der Waals surface area contributed by atoms with Crippen molar-refractivity contribution in [3.05, 3.63) is 42.0 Å². The first-order valence-electron chi connectivity index (χ1n) is 8.69. The summed E-state index contributed by atoms with van der Waals surface area (Å²) in [6.45, 7) is 5.48. The number of hydrogen-bond acceptors (Lipinski definition) is 4. The third kappa shape index (κ3) is 3.41. The first-order valence-corrected chi connectivity index (χ1v) is 8.69. The van der Waals surface area contributed by atoms with E-state index in [2.05, 4.69) is 37.3 Å². The molecule has 0 aromatic heterocycles. The third-order valence-corrected chi connectivity index (χ3v) is 4.98. The fourth-order valence-electron chi connectivity index (χ4n) is 3.53. The molecule has 2 unspecified atom stereocenters. The molecule has 0 saturated carbocycles. The average Bonchev–Trinajstić information content (AvgIpc) is 2.61. The van der Waals surface area contributed by atoms with Crippen molar-refractivity contribution >= 4 is 10.8 Å². The van der Waals surface area contributed by atoms with E-state index in [9.17, 15) is 0 Å². The van der Waals surface area contributed by atoms with Gasteiger partial charge in [-0.2, -0.15) is 0 Å². The maximum absolute atomic E-state index is 6.05. The lowest BCUT2D eigenvalue weighted by Crippen LogP contribution is -2.42. The quantitative estimate of drug-likeness (QED) is 0.909. The van der Waals surface area contributed by atoms with Crippen molar-refractivity contribution in [2.24, 2.45) is 11.7 Å². The van der Waals surface area contributed by atoms with Gasteiger partial charge >= 0.3 is 0 Å². The molecule has 4 heteroatoms. The van der Waals surface area contributed by atoms with Gasteiger partial charge in [-0.3, -0.25) is 0 Å². The first-order chi connectivity index (χ1) is 11.6. The highest BCUT2D eigenvalue weighted by molar-refractivity contribution is 5.87. The zero-order chi connectivity index (χ0) is 17.1. The van der Waals surface area contributed by atoms with Crippen molar-refractivity contribution in [2.75, 3.05) is 20.3 Å². The van der Waals surface area contributed by atoms with Gasteiger partial charge in [0, 0.05) is 17.9 Å². The molecule has 2 N–H and O–H groups in total. The van der Waals surface area contributed by atoms with Crippen LogP contribution in [0.2, 0.25) is 0 Å². The van der Waals surface area contributed by atoms with Crippen LogP contribution in [0.25, 0.3) is 10.8 Å². The summed E-state index contributed by atoms with van der Waals surface area (Å²) >= 11 is 0. The molecule has 3 rings (SSSR count). The van der Waals surface area contributed by atoms with Crippen LogP contribution in [-0.4, -0.2) is 32.7 Å². The Balaban J connectivity index is 1.78. The maximum Gasteiger partial charge on any atom is 0.161 e. The van der Waals surface area contributed by atoms with Crippen LogP contribution in [-0.2, 0) is 9.47 Å². The van der Waals surface area contributed by atoms with E-state index in [1.807, 2.05) is 13.0 Å². The lowest BCUT2D eigenvalue weighted by molar-refractivity contribution is -0.215. The Labute approximate surface area is 143 Å². The standard InChI is InChI=1S/C20H27NO3/c1-4-17(13(2)21)20-23-11-15(12-24-20)18-7-5-6-14-10-16(22-3)8-9-19(14)18/h5-10,13,15,17,20H,4,11-12,21H2,1-3H3. The normalized spacial score (nSPS) is 23.8. The van der Waals surface area contributed by atoms with Crippen molar-refractivity contribution in [1.29, 1.82) is 0 Å². The molecule has 2 aromatic carbocycles. The second kappa shape index (κ2) is 7.51. The molecule has 4 nitrogen and oxygen atoms in total. The Morgan fingerprint density at radius 2 is 1.96 bits per heavy atom. The summed E-state index contributed by atoms with van der Waals surface area (Å²) in [5.41, 5.74) is 7.32. The van der Waals surface area contributed by atoms with Crippen molar-refractivity contribution in [3.8, 4) is 5.75 Å². The topological polar surface area (TPSA) is 53.7 Å². The van der Waals surface area contributed by atoms with Gasteiger partial charge in [0.1, 0.15) is 5.75 Å². The largest absolute Gasteiger partial charge is 0.497 e. The van der Waals surface area contributed by atoms with E-state index >= 15 is 0 Å². The molecule has 1 heterocycles. The van der Waals surface area contributed by atoms with Crippen molar-refractivity contribution < 1.29 is 14.2 Å². The molecule has 0 spiro atoms. The molecule has 1 aliphatic heterocycles. The van der Waals surface area contributed by atoms with Crippen LogP contribution in [0.1, 0.15) is 31.7 Å². The number of benzene rings is 2. The smallest absolute Gasteiger partial charge is 0.161 e. The minimum absolute atomic E-state index is 0.0709. The lowest BCUT2D eigenvalue weighted by Gasteiger charge is -2.35. The summed E-state index contributed by atoms with van der Waals surface area (Å²) < 4.78 is 17.4. The zero-order valence-corrected chi connectivity index (χ0v) is 14.7. The van der Waals surface area contributed by atoms with Crippen molar-refractivity contribution in [1.82, 2.24) is 0 Å². The molecule has 2 aromatic rings. The van der Waals surface area contributed by atoms with Gasteiger partial charge < -0.3 is 19.9 Å². The highest BCUT2D eigenvalue weighted by Crippen LogP contribution is 2.32. The van der Waals surface area contributed by atoms with Crippen molar-refractivity contribution in [2.45, 2.75) is 38.5 Å². The lowest BCUT2D eigenvalue weighted by atomic mass is 9.92. The number of hydrogen-bond donors (Lipinski definition) is 1. The molecule has 0 amide bonds. The highest BCUT2D eigenvalue weighted by Gasteiger charge is 2.31. The van der Waals surface area contributed by atoms with E-state index < -0.39 is 0 Å². The molecule has 24 heavy (non-hydrogen) atoms. The molecular formula is C20H27NO3. The average molecular weight is 329 g/mol. The van der Waals surface area contributed by atoms with Gasteiger partial charge in [0.25, 0.3) is 0 Å². The Morgan fingerprint density at radius 3 is 2.58 bits per heavy atom. The summed E-state index contributed by atoms with van der Waals surface area (Å²) in [5.74, 6) is 1.35. The minimum Gasteiger partial charge on any atom is -0.497 e. The predicted octanol–water partition coefficient (Wildman–Crippen LogP) is 3.68. The van der Waals surface area contributed by atoms with Crippen LogP contribution < -0.4 is 10.5 Å². The van der Waals surface area contributed by atoms with E-state index in [1.54, 1.807) is 7.11 Å². The summed E-state index contributed by atoms with van der Waals surface area (Å²) in [6.07, 6.45) is 0.766. The van der Waals surface area contributed by atoms with E-state index in [1.165, 1.54) is 16.3 Å². The number of methoxy groups -OCH3 is 1. The number of rotatable bonds is 5. The van der Waals surface area contributed by atoms with Crippen LogP contribution in [0.4, 0.5) is 0 Å². The van der Waals surface area contributed by atoms with Crippen LogP contribution in [0, 0.1) is 5.92 Å². The molecular weight excluding hydrogens is 302 g/mol. The first kappa shape index (κ1) is 17.2. The van der Waals surface area contributed by atoms with Gasteiger partial charge in [-0.05, 0) is 41.8 Å². The fraction of sp³-hybridized carbons (Fsp3) is 0.500. The summed E-state index contributed by atoms with van der Waals surface area (Å²) in [5, 5.41) is 2.41. The molecule has 1 aliphatic rings. The van der Waals surface area contributed by atoms with Crippen molar-refractivity contribution in [3.63, 3.8) is 0 Å². The van der Waals surface area contributed by atoms with E-state index in [4.69, 9.17) is 19.9 Å². The Bertz CT molecular complexity index is 678. The van der Waals surface area contributed by atoms with E-state index in [-0.39, 0.29) is 24.2 Å². The molecule has 1 saturated heterocycles. The summed E-state index contributed by atoms with van der Waals surface area (Å²) in [7, 11) is 1.69. The van der Waals surface area contributed by atoms with Gasteiger partial charge in [0.15, 0.2) is 6.29 Å². The zero-order valence-electron chi connectivity index (χ0n) is 14.7. The molecule has 1 fully saturated rings. The van der Waals surface area contributed by atoms with Gasteiger partial charge in [0.05, 0.1) is 20.3 Å². The molecule has 130 valence electrons. The number of ether oxygens (including phenoxy) is 3. The van der Waals surface area contributed by atoms with E-state index in [0.29, 0.717) is 13.2 Å². The predicted molar refractivity (Wildman–Crippen MR) is 96.4 cm³/mol. The third-order valence-electron chi connectivity index (χ3n) is 4.98. The minimum atomic E-state index is -0.193. The maximum atomic E-state index is 6.05. The molecule has 0 aliphatic carbocycles. The second-order valence-electron chi connectivity index (χ2n) is 6.60. The van der Waals surface area contributed by atoms with Crippen LogP contribution in [0.5, 0.6) is 5.75 Å². The number of fused-ring (bicyclic) bond motifs is 1. The van der Waals surface area contributed by atoms with Gasteiger partial charge in [-0.1, -0.05) is 31.2 Å². The van der Waals surface area contributed by atoms with Gasteiger partial charge in [0.2, 0.25) is 0 Å². The Kier molecular flexibility index (Phi) is 5.39. The monoisotopic (exact) mass is 329 g/mol. The second-order valence-corrected chi connectivity index (χ2v) is 6.60. The SMILES string of the molecule is CCC(C(C)N)C1OCC(c2cccc3cc(OC)ccc23)CO1. The van der Waals surface area contributed by atoms with Gasteiger partial charge in [-0.25, -0.2) is 0 Å². The van der Waals surface area contributed by atoms with Gasteiger partial charge in [-0.15, -0.1) is 0 Å². The van der Waals surface area contributed by atoms with Crippen LogP contribution >= 0.6 is 0 Å². The van der Waals surface area contributed by atoms with Crippen LogP contribution in [0.15, 0.2) is 36.4 Å². The molecule has 0 radical (unpaired) electrons. The Hall–Kier alpha value is -1.62. The Morgan fingerprint density at radius 1 is 1.21 bits per heavy atom. The number of nitrogens with two attached hydrogens (primary N) is 1. The highest BCUT2D eigenvalue weighted by atomic mass is 16.7. The van der Waals surface area contributed by atoms with Crippen LogP contribution in [0.3, 0.4) is 0 Å². The molecule has 0 bridgehead atoms. The fourth-order valence-corrected chi connectivity index (χ4v) is 3.53. The summed E-state index contributed by atoms with van der Waals surface area (Å²) in [4.78, 5) is 0. The molecule has 2 atom stereocenters.